The number of ketones is 2. The molecule has 0 bridgehead atoms. The molecular weight excluding hydrogens is 242 g/mol. The van der Waals surface area contributed by atoms with Crippen LogP contribution < -0.4 is 5.32 Å². The predicted molar refractivity (Wildman–Crippen MR) is 74.9 cm³/mol. The van der Waals surface area contributed by atoms with Crippen molar-refractivity contribution < 1.29 is 9.59 Å². The van der Waals surface area contributed by atoms with Crippen molar-refractivity contribution in [3.63, 3.8) is 0 Å². The number of carbonyl (C=O) groups is 2. The molecule has 0 aromatic rings. The van der Waals surface area contributed by atoms with Gasteiger partial charge in [0.05, 0.1) is 5.70 Å². The summed E-state index contributed by atoms with van der Waals surface area (Å²) >= 11 is 0. The van der Waals surface area contributed by atoms with Crippen molar-refractivity contribution in [2.45, 2.75) is 58.8 Å². The summed E-state index contributed by atoms with van der Waals surface area (Å²) in [5, 5.41) is 6.57. The Hall–Kier alpha value is -1.52. The minimum atomic E-state index is 0.205. The van der Waals surface area contributed by atoms with Crippen molar-refractivity contribution in [3.05, 3.63) is 11.9 Å². The second-order valence-corrected chi connectivity index (χ2v) is 4.77. The number of carbonyl (C=O) groups excluding carboxylic acids is 2. The first-order chi connectivity index (χ1) is 9.06. The van der Waals surface area contributed by atoms with Gasteiger partial charge >= 0.3 is 0 Å². The van der Waals surface area contributed by atoms with Gasteiger partial charge in [0.1, 0.15) is 11.6 Å². The fourth-order valence-corrected chi connectivity index (χ4v) is 1.63. The van der Waals surface area contributed by atoms with Gasteiger partial charge < -0.3 is 14.9 Å². The normalized spacial score (nSPS) is 11.2. The standard InChI is InChI=1S/C14H25N3O2/c1-12(18)7-3-4-9-14(17-15)11-16-10-6-5-8-13(2)19/h11,15-16H,3-10H2,1-2H3/b14-11-,17-15?. The van der Waals surface area contributed by atoms with E-state index in [0.29, 0.717) is 18.5 Å². The van der Waals surface area contributed by atoms with Crippen LogP contribution in [0.5, 0.6) is 0 Å². The van der Waals surface area contributed by atoms with Gasteiger partial charge in [-0.05, 0) is 46.0 Å². The summed E-state index contributed by atoms with van der Waals surface area (Å²) in [6.45, 7) is 3.99. The van der Waals surface area contributed by atoms with Crippen LogP contribution in [0.3, 0.4) is 0 Å². The molecule has 108 valence electrons. The van der Waals surface area contributed by atoms with E-state index in [9.17, 15) is 9.59 Å². The summed E-state index contributed by atoms with van der Waals surface area (Å²) in [6, 6.07) is 0. The zero-order valence-corrected chi connectivity index (χ0v) is 12.0. The van der Waals surface area contributed by atoms with Gasteiger partial charge in [-0.15, -0.1) is 0 Å². The number of unbranched alkanes of at least 4 members (excludes halogenated alkanes) is 2. The molecule has 0 radical (unpaired) electrons. The van der Waals surface area contributed by atoms with E-state index in [1.165, 1.54) is 0 Å². The van der Waals surface area contributed by atoms with Crippen molar-refractivity contribution in [1.82, 2.24) is 5.32 Å². The first-order valence-electron chi connectivity index (χ1n) is 6.85. The van der Waals surface area contributed by atoms with Crippen LogP contribution in [0.1, 0.15) is 58.8 Å². The fourth-order valence-electron chi connectivity index (χ4n) is 1.63. The van der Waals surface area contributed by atoms with Gasteiger partial charge in [0.2, 0.25) is 0 Å². The Morgan fingerprint density at radius 3 is 2.05 bits per heavy atom. The largest absolute Gasteiger partial charge is 0.389 e. The van der Waals surface area contributed by atoms with Crippen LogP contribution >= 0.6 is 0 Å². The molecule has 0 unspecified atom stereocenters. The molecule has 2 N–H and O–H groups in total. The molecule has 0 aromatic heterocycles. The first kappa shape index (κ1) is 17.5. The Kier molecular flexibility index (Phi) is 10.6. The third kappa shape index (κ3) is 12.7. The zero-order chi connectivity index (χ0) is 14.5. The molecule has 0 fully saturated rings. The minimum absolute atomic E-state index is 0.205. The van der Waals surface area contributed by atoms with Gasteiger partial charge in [0, 0.05) is 25.6 Å². The van der Waals surface area contributed by atoms with Crippen molar-refractivity contribution in [3.8, 4) is 0 Å². The average Bonchev–Trinajstić information content (AvgIpc) is 2.35. The molecule has 0 aliphatic carbocycles. The van der Waals surface area contributed by atoms with Gasteiger partial charge in [-0.25, -0.2) is 5.53 Å². The van der Waals surface area contributed by atoms with Crippen LogP contribution in [0, 0.1) is 5.53 Å². The SMILES string of the molecule is CC(=O)CCCCN/C=C(/CCCCC(C)=O)N=N. The van der Waals surface area contributed by atoms with E-state index in [-0.39, 0.29) is 11.6 Å². The molecule has 5 nitrogen and oxygen atoms in total. The average molecular weight is 267 g/mol. The van der Waals surface area contributed by atoms with Crippen LogP contribution in [-0.4, -0.2) is 18.1 Å². The van der Waals surface area contributed by atoms with Crippen LogP contribution in [0.2, 0.25) is 0 Å². The highest BCUT2D eigenvalue weighted by atomic mass is 16.1. The Balaban J connectivity index is 3.65. The number of nitrogens with one attached hydrogen (secondary N) is 2. The Bertz CT molecular complexity index is 325. The Morgan fingerprint density at radius 2 is 1.53 bits per heavy atom. The third-order valence-corrected chi connectivity index (χ3v) is 2.72. The van der Waals surface area contributed by atoms with Crippen molar-refractivity contribution in [2.75, 3.05) is 6.54 Å². The van der Waals surface area contributed by atoms with Crippen LogP contribution in [0.4, 0.5) is 0 Å². The van der Waals surface area contributed by atoms with E-state index < -0.39 is 0 Å². The van der Waals surface area contributed by atoms with E-state index in [0.717, 1.165) is 38.6 Å². The van der Waals surface area contributed by atoms with E-state index >= 15 is 0 Å². The molecule has 0 rings (SSSR count). The lowest BCUT2D eigenvalue weighted by molar-refractivity contribution is -0.117. The zero-order valence-electron chi connectivity index (χ0n) is 12.0. The maximum Gasteiger partial charge on any atom is 0.129 e. The minimum Gasteiger partial charge on any atom is -0.389 e. The number of hydrogen-bond acceptors (Lipinski definition) is 5. The molecular formula is C14H25N3O2. The molecule has 0 aliphatic rings. The molecule has 0 heterocycles. The van der Waals surface area contributed by atoms with E-state index in [1.807, 2.05) is 0 Å². The molecule has 0 saturated carbocycles. The number of allylic oxidation sites excluding steroid dienone is 1. The van der Waals surface area contributed by atoms with E-state index in [4.69, 9.17) is 5.53 Å². The van der Waals surface area contributed by atoms with E-state index in [1.54, 1.807) is 20.0 Å². The summed E-state index contributed by atoms with van der Waals surface area (Å²) < 4.78 is 0. The van der Waals surface area contributed by atoms with Gasteiger partial charge in [0.25, 0.3) is 0 Å². The quantitative estimate of drug-likeness (QED) is 0.420. The highest BCUT2D eigenvalue weighted by Gasteiger charge is 1.98. The summed E-state index contributed by atoms with van der Waals surface area (Å²) in [5.41, 5.74) is 7.76. The lowest BCUT2D eigenvalue weighted by Gasteiger charge is -2.03. The maximum absolute atomic E-state index is 10.8. The van der Waals surface area contributed by atoms with Crippen LogP contribution in [-0.2, 0) is 9.59 Å². The second-order valence-electron chi connectivity index (χ2n) is 4.77. The summed E-state index contributed by atoms with van der Waals surface area (Å²) in [6.07, 6.45) is 7.26. The van der Waals surface area contributed by atoms with Gasteiger partial charge in [-0.3, -0.25) is 0 Å². The van der Waals surface area contributed by atoms with Crippen molar-refractivity contribution >= 4 is 11.6 Å². The second kappa shape index (κ2) is 11.6. The van der Waals surface area contributed by atoms with Crippen molar-refractivity contribution in [2.24, 2.45) is 5.11 Å². The fraction of sp³-hybridized carbons (Fsp3) is 0.714. The summed E-state index contributed by atoms with van der Waals surface area (Å²) in [7, 11) is 0. The molecule has 19 heavy (non-hydrogen) atoms. The predicted octanol–water partition coefficient (Wildman–Crippen LogP) is 3.36. The Morgan fingerprint density at radius 1 is 1.00 bits per heavy atom. The highest BCUT2D eigenvalue weighted by Crippen LogP contribution is 2.09. The molecule has 5 heteroatoms. The molecule has 0 amide bonds. The van der Waals surface area contributed by atoms with Crippen molar-refractivity contribution in [1.29, 1.82) is 5.53 Å². The number of Topliss-reactive ketones (excluding diaryl/α,β-unsaturated/α-hetero) is 2. The smallest absolute Gasteiger partial charge is 0.129 e. The first-order valence-corrected chi connectivity index (χ1v) is 6.85. The molecule has 0 aliphatic heterocycles. The summed E-state index contributed by atoms with van der Waals surface area (Å²) in [5.74, 6) is 0.430. The monoisotopic (exact) mass is 267 g/mol. The molecule has 0 aromatic carbocycles. The lowest BCUT2D eigenvalue weighted by Crippen LogP contribution is -2.08. The van der Waals surface area contributed by atoms with Gasteiger partial charge in [-0.1, -0.05) is 0 Å². The number of hydrogen-bond donors (Lipinski definition) is 2. The number of nitrogens with zero attached hydrogens (tertiary/aromatic N) is 1. The van der Waals surface area contributed by atoms with Gasteiger partial charge in [0.15, 0.2) is 0 Å². The van der Waals surface area contributed by atoms with E-state index in [2.05, 4.69) is 10.4 Å². The maximum atomic E-state index is 10.8. The molecule has 0 saturated heterocycles. The lowest BCUT2D eigenvalue weighted by atomic mass is 10.1. The van der Waals surface area contributed by atoms with Crippen LogP contribution in [0.25, 0.3) is 0 Å². The highest BCUT2D eigenvalue weighted by molar-refractivity contribution is 5.75. The molecule has 0 atom stereocenters. The van der Waals surface area contributed by atoms with Gasteiger partial charge in [-0.2, -0.15) is 5.11 Å². The van der Waals surface area contributed by atoms with Crippen LogP contribution in [0.15, 0.2) is 17.0 Å². The third-order valence-electron chi connectivity index (χ3n) is 2.72. The Labute approximate surface area is 115 Å². The number of rotatable bonds is 12. The topological polar surface area (TPSA) is 82.4 Å². The summed E-state index contributed by atoms with van der Waals surface area (Å²) in [4.78, 5) is 21.5. The molecule has 0 spiro atoms.